The van der Waals surface area contributed by atoms with Crippen LogP contribution in [0, 0.1) is 0 Å². The number of ether oxygens (including phenoxy) is 1. The molecule has 25 heavy (non-hydrogen) atoms. The Kier molecular flexibility index (Phi) is 5.86. The molecule has 0 aliphatic heterocycles. The van der Waals surface area contributed by atoms with Gasteiger partial charge in [-0.05, 0) is 36.4 Å². The second-order valence-electron chi connectivity index (χ2n) is 4.93. The highest BCUT2D eigenvalue weighted by atomic mass is 32.2. The lowest BCUT2D eigenvalue weighted by Crippen LogP contribution is -2.13. The number of benzene rings is 2. The molecule has 0 aliphatic carbocycles. The van der Waals surface area contributed by atoms with Crippen LogP contribution in [0.4, 0.5) is 16.5 Å². The van der Waals surface area contributed by atoms with Crippen LogP contribution in [0.15, 0.2) is 58.9 Å². The van der Waals surface area contributed by atoms with E-state index in [1.165, 1.54) is 23.1 Å². The Hall–Kier alpha value is -2.58. The molecule has 1 heterocycles. The van der Waals surface area contributed by atoms with E-state index < -0.39 is 0 Å². The van der Waals surface area contributed by atoms with Gasteiger partial charge in [0, 0.05) is 11.4 Å². The van der Waals surface area contributed by atoms with Gasteiger partial charge in [0.05, 0.1) is 12.9 Å². The molecular weight excluding hydrogens is 356 g/mol. The third-order valence-corrected chi connectivity index (χ3v) is 5.10. The van der Waals surface area contributed by atoms with Crippen molar-refractivity contribution in [1.29, 1.82) is 0 Å². The number of aromatic nitrogens is 2. The number of hydrogen-bond acceptors (Lipinski definition) is 7. The van der Waals surface area contributed by atoms with E-state index in [9.17, 15) is 4.79 Å². The summed E-state index contributed by atoms with van der Waals surface area (Å²) < 4.78 is 5.83. The summed E-state index contributed by atoms with van der Waals surface area (Å²) in [5, 5.41) is 14.9. The number of amides is 1. The van der Waals surface area contributed by atoms with Crippen molar-refractivity contribution in [3.05, 3.63) is 54.6 Å². The van der Waals surface area contributed by atoms with Crippen molar-refractivity contribution in [3.63, 3.8) is 0 Å². The number of anilines is 3. The van der Waals surface area contributed by atoms with Gasteiger partial charge >= 0.3 is 0 Å². The molecule has 1 aromatic heterocycles. The molecule has 3 aromatic rings. The first-order valence-electron chi connectivity index (χ1n) is 7.45. The van der Waals surface area contributed by atoms with Crippen molar-refractivity contribution in [2.24, 2.45) is 0 Å². The Balaban J connectivity index is 1.48. The van der Waals surface area contributed by atoms with Crippen molar-refractivity contribution in [2.75, 3.05) is 23.5 Å². The van der Waals surface area contributed by atoms with Crippen molar-refractivity contribution in [1.82, 2.24) is 10.2 Å². The third-order valence-electron chi connectivity index (χ3n) is 3.13. The summed E-state index contributed by atoms with van der Waals surface area (Å²) in [7, 11) is 1.60. The van der Waals surface area contributed by atoms with Gasteiger partial charge in [0.25, 0.3) is 0 Å². The molecule has 0 atom stereocenters. The minimum Gasteiger partial charge on any atom is -0.497 e. The lowest BCUT2D eigenvalue weighted by atomic mass is 10.3. The smallest absolute Gasteiger partial charge is 0.234 e. The molecule has 8 heteroatoms. The summed E-state index contributed by atoms with van der Waals surface area (Å²) in [6, 6.07) is 17.0. The minimum atomic E-state index is -0.0945. The Bertz CT molecular complexity index is 822. The summed E-state index contributed by atoms with van der Waals surface area (Å²) in [4.78, 5) is 12.0. The second-order valence-corrected chi connectivity index (χ2v) is 7.13. The SMILES string of the molecule is COc1ccc(NC(=O)CSc2nnc(Nc3ccccc3)s2)cc1. The Morgan fingerprint density at radius 2 is 1.84 bits per heavy atom. The van der Waals surface area contributed by atoms with Gasteiger partial charge in [0.1, 0.15) is 5.75 Å². The maximum Gasteiger partial charge on any atom is 0.234 e. The van der Waals surface area contributed by atoms with Crippen molar-refractivity contribution in [2.45, 2.75) is 4.34 Å². The van der Waals surface area contributed by atoms with Crippen LogP contribution >= 0.6 is 23.1 Å². The lowest BCUT2D eigenvalue weighted by Gasteiger charge is -2.05. The molecule has 6 nitrogen and oxygen atoms in total. The molecule has 0 fully saturated rings. The van der Waals surface area contributed by atoms with E-state index >= 15 is 0 Å². The largest absolute Gasteiger partial charge is 0.497 e. The van der Waals surface area contributed by atoms with Gasteiger partial charge < -0.3 is 15.4 Å². The van der Waals surface area contributed by atoms with E-state index in [1.54, 1.807) is 31.4 Å². The Morgan fingerprint density at radius 3 is 2.56 bits per heavy atom. The minimum absolute atomic E-state index is 0.0945. The highest BCUT2D eigenvalue weighted by molar-refractivity contribution is 8.01. The van der Waals surface area contributed by atoms with Crippen molar-refractivity contribution >= 4 is 45.5 Å². The van der Waals surface area contributed by atoms with Crippen molar-refractivity contribution in [3.8, 4) is 5.75 Å². The van der Waals surface area contributed by atoms with Crippen LogP contribution in [0.25, 0.3) is 0 Å². The summed E-state index contributed by atoms with van der Waals surface area (Å²) in [6.45, 7) is 0. The summed E-state index contributed by atoms with van der Waals surface area (Å²) in [6.07, 6.45) is 0. The van der Waals surface area contributed by atoms with Gasteiger partial charge in [-0.2, -0.15) is 0 Å². The molecule has 3 rings (SSSR count). The van der Waals surface area contributed by atoms with Gasteiger partial charge in [0.15, 0.2) is 4.34 Å². The van der Waals surface area contributed by atoms with Crippen molar-refractivity contribution < 1.29 is 9.53 Å². The fourth-order valence-corrected chi connectivity index (χ4v) is 3.53. The fourth-order valence-electron chi connectivity index (χ4n) is 1.96. The zero-order valence-electron chi connectivity index (χ0n) is 13.4. The van der Waals surface area contributed by atoms with Crippen LogP contribution in [-0.4, -0.2) is 29.0 Å². The number of carbonyl (C=O) groups is 1. The molecule has 0 spiro atoms. The zero-order chi connectivity index (χ0) is 17.5. The average Bonchev–Trinajstić information content (AvgIpc) is 3.09. The average molecular weight is 372 g/mol. The first kappa shape index (κ1) is 17.2. The zero-order valence-corrected chi connectivity index (χ0v) is 15.1. The highest BCUT2D eigenvalue weighted by Gasteiger charge is 2.09. The molecule has 128 valence electrons. The van der Waals surface area contributed by atoms with Crippen LogP contribution < -0.4 is 15.4 Å². The van der Waals surface area contributed by atoms with Gasteiger partial charge in [0.2, 0.25) is 11.0 Å². The first-order valence-corrected chi connectivity index (χ1v) is 9.25. The molecule has 2 N–H and O–H groups in total. The van der Waals surface area contributed by atoms with Crippen LogP contribution in [0.1, 0.15) is 0 Å². The van der Waals surface area contributed by atoms with Gasteiger partial charge in [-0.15, -0.1) is 10.2 Å². The van der Waals surface area contributed by atoms with Crippen LogP contribution in [0.3, 0.4) is 0 Å². The normalized spacial score (nSPS) is 10.3. The Labute approximate surface area is 153 Å². The number of nitrogens with zero attached hydrogens (tertiary/aromatic N) is 2. The van der Waals surface area contributed by atoms with Crippen LogP contribution in [0.5, 0.6) is 5.75 Å². The maximum absolute atomic E-state index is 12.0. The number of para-hydroxylation sites is 1. The van der Waals surface area contributed by atoms with E-state index in [2.05, 4.69) is 20.8 Å². The highest BCUT2D eigenvalue weighted by Crippen LogP contribution is 2.27. The number of methoxy groups -OCH3 is 1. The van der Waals surface area contributed by atoms with Gasteiger partial charge in [-0.1, -0.05) is 41.3 Å². The molecule has 2 aromatic carbocycles. The number of carbonyl (C=O) groups excluding carboxylic acids is 1. The molecule has 0 aliphatic rings. The lowest BCUT2D eigenvalue weighted by molar-refractivity contribution is -0.113. The van der Waals surface area contributed by atoms with Crippen LogP contribution in [0.2, 0.25) is 0 Å². The predicted molar refractivity (Wildman–Crippen MR) is 102 cm³/mol. The molecule has 0 saturated carbocycles. The molecule has 0 saturated heterocycles. The summed E-state index contributed by atoms with van der Waals surface area (Å²) in [5.41, 5.74) is 1.68. The summed E-state index contributed by atoms with van der Waals surface area (Å²) in [5.74, 6) is 0.925. The molecule has 1 amide bonds. The topological polar surface area (TPSA) is 76.1 Å². The van der Waals surface area contributed by atoms with Crippen LogP contribution in [-0.2, 0) is 4.79 Å². The second kappa shape index (κ2) is 8.50. The monoisotopic (exact) mass is 372 g/mol. The number of rotatable bonds is 7. The predicted octanol–water partition coefficient (Wildman–Crippen LogP) is 4.02. The quantitative estimate of drug-likeness (QED) is 0.610. The van der Waals surface area contributed by atoms with E-state index in [0.29, 0.717) is 5.13 Å². The number of nitrogens with one attached hydrogen (secondary N) is 2. The van der Waals surface area contributed by atoms with Gasteiger partial charge in [-0.3, -0.25) is 4.79 Å². The molecule has 0 unspecified atom stereocenters. The van der Waals surface area contributed by atoms with E-state index in [1.807, 2.05) is 30.3 Å². The molecule has 0 bridgehead atoms. The molecular formula is C17H16N4O2S2. The fraction of sp³-hybridized carbons (Fsp3) is 0.118. The number of thioether (sulfide) groups is 1. The Morgan fingerprint density at radius 1 is 1.08 bits per heavy atom. The number of hydrogen-bond donors (Lipinski definition) is 2. The first-order chi connectivity index (χ1) is 12.2. The molecule has 0 radical (unpaired) electrons. The van der Waals surface area contributed by atoms with E-state index in [-0.39, 0.29) is 11.7 Å². The summed E-state index contributed by atoms with van der Waals surface area (Å²) >= 11 is 2.77. The van der Waals surface area contributed by atoms with E-state index in [0.717, 1.165) is 21.5 Å². The standard InChI is InChI=1S/C17H16N4O2S2/c1-23-14-9-7-13(8-10-14)18-15(22)11-24-17-21-20-16(25-17)19-12-5-3-2-4-6-12/h2-10H,11H2,1H3,(H,18,22)(H,19,20). The van der Waals surface area contributed by atoms with Gasteiger partial charge in [-0.25, -0.2) is 0 Å². The third kappa shape index (κ3) is 5.20. The van der Waals surface area contributed by atoms with E-state index in [4.69, 9.17) is 4.74 Å². The maximum atomic E-state index is 12.0.